The van der Waals surface area contributed by atoms with E-state index in [1.165, 1.54) is 11.9 Å². The van der Waals surface area contributed by atoms with E-state index in [1.54, 1.807) is 19.1 Å². The smallest absolute Gasteiger partial charge is 0.318 e. The van der Waals surface area contributed by atoms with Crippen LogP contribution in [0.25, 0.3) is 0 Å². The minimum absolute atomic E-state index is 0.0293. The second-order valence-electron chi connectivity index (χ2n) is 4.43. The van der Waals surface area contributed by atoms with E-state index in [9.17, 15) is 14.4 Å². The summed E-state index contributed by atoms with van der Waals surface area (Å²) in [4.78, 5) is 35.1. The van der Waals surface area contributed by atoms with Crippen LogP contribution in [0.15, 0.2) is 12.2 Å². The molecular weight excluding hydrogens is 250 g/mol. The molecule has 0 aromatic carbocycles. The zero-order chi connectivity index (χ0) is 14.4. The summed E-state index contributed by atoms with van der Waals surface area (Å²) in [7, 11) is 1.51. The van der Waals surface area contributed by atoms with Gasteiger partial charge in [-0.3, -0.25) is 9.59 Å². The zero-order valence-electron chi connectivity index (χ0n) is 11.0. The number of carbonyl (C=O) groups is 3. The molecule has 106 valence electrons. The van der Waals surface area contributed by atoms with Gasteiger partial charge in [-0.05, 0) is 13.3 Å². The fourth-order valence-electron chi connectivity index (χ4n) is 1.80. The van der Waals surface area contributed by atoms with Crippen molar-refractivity contribution in [2.45, 2.75) is 19.4 Å². The Hall–Kier alpha value is -2.05. The minimum Gasteiger partial charge on any atom is -0.481 e. The Labute approximate surface area is 111 Å². The first kappa shape index (κ1) is 15.0. The average Bonchev–Trinajstić information content (AvgIpc) is 2.77. The van der Waals surface area contributed by atoms with Crippen molar-refractivity contribution >= 4 is 17.9 Å². The zero-order valence-corrected chi connectivity index (χ0v) is 11.0. The van der Waals surface area contributed by atoms with E-state index >= 15 is 0 Å². The first-order valence-electron chi connectivity index (χ1n) is 6.13. The van der Waals surface area contributed by atoms with E-state index in [2.05, 4.69) is 10.6 Å². The lowest BCUT2D eigenvalue weighted by Crippen LogP contribution is -2.46. The largest absolute Gasteiger partial charge is 0.481 e. The Morgan fingerprint density at radius 2 is 2.05 bits per heavy atom. The van der Waals surface area contributed by atoms with Crippen molar-refractivity contribution in [1.82, 2.24) is 15.5 Å². The van der Waals surface area contributed by atoms with Gasteiger partial charge in [0.05, 0.1) is 12.0 Å². The number of carboxylic acids is 1. The van der Waals surface area contributed by atoms with Gasteiger partial charge in [0.25, 0.3) is 0 Å². The Bertz CT molecular complexity index is 394. The van der Waals surface area contributed by atoms with Crippen molar-refractivity contribution in [3.05, 3.63) is 12.2 Å². The van der Waals surface area contributed by atoms with E-state index in [-0.39, 0.29) is 18.5 Å². The van der Waals surface area contributed by atoms with E-state index in [0.717, 1.165) is 0 Å². The molecule has 3 N–H and O–H groups in total. The lowest BCUT2D eigenvalue weighted by molar-refractivity contribution is -0.140. The predicted molar refractivity (Wildman–Crippen MR) is 68.5 cm³/mol. The second-order valence-corrected chi connectivity index (χ2v) is 4.43. The number of rotatable bonds is 5. The van der Waals surface area contributed by atoms with Crippen molar-refractivity contribution in [1.29, 1.82) is 0 Å². The molecule has 1 aliphatic carbocycles. The molecular formula is C12H19N3O4. The van der Waals surface area contributed by atoms with Crippen LogP contribution in [-0.4, -0.2) is 54.1 Å². The molecule has 2 atom stereocenters. The fraction of sp³-hybridized carbons (Fsp3) is 0.583. The molecule has 7 heteroatoms. The monoisotopic (exact) mass is 269 g/mol. The molecule has 1 rings (SSSR count). The lowest BCUT2D eigenvalue weighted by Gasteiger charge is -2.20. The number of urea groups is 1. The number of hydrogen-bond acceptors (Lipinski definition) is 3. The first-order chi connectivity index (χ1) is 8.93. The first-order valence-corrected chi connectivity index (χ1v) is 6.13. The van der Waals surface area contributed by atoms with Crippen LogP contribution in [0.4, 0.5) is 4.79 Å². The highest BCUT2D eigenvalue weighted by molar-refractivity contribution is 5.84. The van der Waals surface area contributed by atoms with Crippen LogP contribution < -0.4 is 10.6 Å². The second kappa shape index (κ2) is 6.77. The van der Waals surface area contributed by atoms with Crippen LogP contribution in [0.1, 0.15) is 13.3 Å². The third-order valence-electron chi connectivity index (χ3n) is 2.81. The van der Waals surface area contributed by atoms with Crippen molar-refractivity contribution < 1.29 is 19.5 Å². The molecule has 0 aliphatic heterocycles. The molecule has 0 heterocycles. The summed E-state index contributed by atoms with van der Waals surface area (Å²) in [5, 5.41) is 14.1. The standard InChI is InChI=1S/C12H19N3O4/c1-3-13-10(16)7-15(2)12(19)14-9-5-4-8(6-9)11(17)18/h4-5,8-9H,3,6-7H2,1-2H3,(H,13,16)(H,14,19)(H,17,18). The topological polar surface area (TPSA) is 98.7 Å². The molecule has 0 spiro atoms. The normalized spacial score (nSPS) is 20.9. The van der Waals surface area contributed by atoms with Crippen molar-refractivity contribution in [2.75, 3.05) is 20.1 Å². The summed E-state index contributed by atoms with van der Waals surface area (Å²) >= 11 is 0. The van der Waals surface area contributed by atoms with Gasteiger partial charge in [-0.2, -0.15) is 0 Å². The van der Waals surface area contributed by atoms with Crippen LogP contribution in [0.5, 0.6) is 0 Å². The number of likely N-dealkylation sites (N-methyl/N-ethyl adjacent to an activating group) is 2. The van der Waals surface area contributed by atoms with Crippen LogP contribution in [0, 0.1) is 5.92 Å². The molecule has 7 nitrogen and oxygen atoms in total. The van der Waals surface area contributed by atoms with Gasteiger partial charge in [0.1, 0.15) is 6.54 Å². The van der Waals surface area contributed by atoms with Gasteiger partial charge in [0.2, 0.25) is 5.91 Å². The lowest BCUT2D eigenvalue weighted by atomic mass is 10.1. The maximum absolute atomic E-state index is 11.8. The Kier molecular flexibility index (Phi) is 5.35. The fourth-order valence-corrected chi connectivity index (χ4v) is 1.80. The predicted octanol–water partition coefficient (Wildman–Crippen LogP) is -0.207. The van der Waals surface area contributed by atoms with Crippen LogP contribution in [-0.2, 0) is 9.59 Å². The summed E-state index contributed by atoms with van der Waals surface area (Å²) in [6, 6.07) is -0.697. The van der Waals surface area contributed by atoms with E-state index in [4.69, 9.17) is 5.11 Å². The van der Waals surface area contributed by atoms with E-state index in [1.807, 2.05) is 0 Å². The number of aliphatic carboxylic acids is 1. The van der Waals surface area contributed by atoms with Gasteiger partial charge in [-0.1, -0.05) is 12.2 Å². The number of carbonyl (C=O) groups excluding carboxylic acids is 2. The summed E-state index contributed by atoms with van der Waals surface area (Å²) in [5.74, 6) is -1.69. The molecule has 1 aliphatic rings. The third-order valence-corrected chi connectivity index (χ3v) is 2.81. The van der Waals surface area contributed by atoms with E-state index < -0.39 is 17.9 Å². The van der Waals surface area contributed by atoms with Gasteiger partial charge in [-0.15, -0.1) is 0 Å². The van der Waals surface area contributed by atoms with Crippen LogP contribution >= 0.6 is 0 Å². The Balaban J connectivity index is 2.37. The van der Waals surface area contributed by atoms with Crippen molar-refractivity contribution in [2.24, 2.45) is 5.92 Å². The number of carboxylic acid groups (broad SMARTS) is 1. The molecule has 3 amide bonds. The SMILES string of the molecule is CCNC(=O)CN(C)C(=O)NC1C=CC(C(=O)O)C1. The molecule has 0 radical (unpaired) electrons. The summed E-state index contributed by atoms with van der Waals surface area (Å²) in [6.45, 7) is 2.28. The molecule has 0 aromatic rings. The third kappa shape index (κ3) is 4.61. The molecule has 0 fully saturated rings. The molecule has 2 unspecified atom stereocenters. The average molecular weight is 269 g/mol. The molecule has 19 heavy (non-hydrogen) atoms. The van der Waals surface area contributed by atoms with Crippen LogP contribution in [0.2, 0.25) is 0 Å². The van der Waals surface area contributed by atoms with Gasteiger partial charge >= 0.3 is 12.0 Å². The summed E-state index contributed by atoms with van der Waals surface area (Å²) in [6.07, 6.45) is 3.57. The number of hydrogen-bond donors (Lipinski definition) is 3. The summed E-state index contributed by atoms with van der Waals surface area (Å²) < 4.78 is 0. The van der Waals surface area contributed by atoms with Crippen LogP contribution in [0.3, 0.4) is 0 Å². The Morgan fingerprint density at radius 1 is 1.37 bits per heavy atom. The molecule has 0 aromatic heterocycles. The summed E-state index contributed by atoms with van der Waals surface area (Å²) in [5.41, 5.74) is 0. The van der Waals surface area contributed by atoms with Gasteiger partial charge in [0, 0.05) is 13.6 Å². The molecule has 0 saturated heterocycles. The maximum atomic E-state index is 11.8. The van der Waals surface area contributed by atoms with E-state index in [0.29, 0.717) is 13.0 Å². The highest BCUT2D eigenvalue weighted by atomic mass is 16.4. The maximum Gasteiger partial charge on any atom is 0.318 e. The minimum atomic E-state index is -0.899. The van der Waals surface area contributed by atoms with Gasteiger partial charge in [-0.25, -0.2) is 4.79 Å². The number of nitrogens with one attached hydrogen (secondary N) is 2. The highest BCUT2D eigenvalue weighted by Crippen LogP contribution is 2.17. The highest BCUT2D eigenvalue weighted by Gasteiger charge is 2.26. The van der Waals surface area contributed by atoms with Gasteiger partial charge in [0.15, 0.2) is 0 Å². The molecule has 0 bridgehead atoms. The quantitative estimate of drug-likeness (QED) is 0.601. The van der Waals surface area contributed by atoms with Gasteiger partial charge < -0.3 is 20.6 Å². The Morgan fingerprint density at radius 3 is 2.58 bits per heavy atom. The number of nitrogens with zero attached hydrogens (tertiary/aromatic N) is 1. The van der Waals surface area contributed by atoms with Crippen molar-refractivity contribution in [3.8, 4) is 0 Å². The van der Waals surface area contributed by atoms with Crippen molar-refractivity contribution in [3.63, 3.8) is 0 Å². The molecule has 0 saturated carbocycles. The number of amides is 3.